The smallest absolute Gasteiger partial charge is 0.170 e. The zero-order chi connectivity index (χ0) is 9.30. The lowest BCUT2D eigenvalue weighted by Crippen LogP contribution is -2.02. The molecule has 5 heteroatoms. The zero-order valence-corrected chi connectivity index (χ0v) is 5.67. The van der Waals surface area contributed by atoms with Gasteiger partial charge >= 0.3 is 0 Å². The molecule has 0 unspecified atom stereocenters. The Kier molecular flexibility index (Phi) is 2.32. The number of halogens is 4. The van der Waals surface area contributed by atoms with Crippen LogP contribution in [0.2, 0.25) is 0 Å². The van der Waals surface area contributed by atoms with Gasteiger partial charge in [-0.1, -0.05) is 0 Å². The van der Waals surface area contributed by atoms with Gasteiger partial charge < -0.3 is 5.11 Å². The van der Waals surface area contributed by atoms with E-state index in [0.29, 0.717) is 0 Å². The van der Waals surface area contributed by atoms with Gasteiger partial charge in [-0.25, -0.2) is 17.6 Å². The Hall–Kier alpha value is -1.10. The molecule has 1 aromatic carbocycles. The van der Waals surface area contributed by atoms with Crippen LogP contribution in [0, 0.1) is 29.3 Å². The van der Waals surface area contributed by atoms with Crippen LogP contribution < -0.4 is 0 Å². The molecule has 1 nitrogen and oxygen atoms in total. The fourth-order valence-corrected chi connectivity index (χ4v) is 0.706. The van der Waals surface area contributed by atoms with Crippen LogP contribution in [-0.4, -0.2) is 5.11 Å². The third kappa shape index (κ3) is 1.27. The van der Waals surface area contributed by atoms with E-state index < -0.39 is 35.4 Å². The topological polar surface area (TPSA) is 20.2 Å². The van der Waals surface area contributed by atoms with Crippen molar-refractivity contribution < 1.29 is 22.7 Å². The van der Waals surface area contributed by atoms with Gasteiger partial charge in [0.15, 0.2) is 23.3 Å². The molecule has 0 aromatic heterocycles. The molecule has 0 saturated heterocycles. The first-order valence-electron chi connectivity index (χ1n) is 2.93. The van der Waals surface area contributed by atoms with Gasteiger partial charge in [0.25, 0.3) is 0 Å². The molecule has 0 amide bonds. The number of aliphatic hydroxyl groups excluding tert-OH is 1. The van der Waals surface area contributed by atoms with Crippen LogP contribution >= 0.6 is 0 Å². The summed E-state index contributed by atoms with van der Waals surface area (Å²) in [5.41, 5.74) is -1.02. The minimum Gasteiger partial charge on any atom is -0.391 e. The molecule has 0 fully saturated rings. The van der Waals surface area contributed by atoms with Gasteiger partial charge in [0.05, 0.1) is 18.2 Å². The normalized spacial score (nSPS) is 10.4. The standard InChI is InChI=1S/C7H3F4O/c8-4-1-5(9)7(11)3(2-12)6(4)10/h12H,2H2. The molecule has 12 heavy (non-hydrogen) atoms. The maximum atomic E-state index is 12.5. The molecule has 0 heterocycles. The number of aliphatic hydroxyl groups is 1. The van der Waals surface area contributed by atoms with Gasteiger partial charge in [0.2, 0.25) is 0 Å². The Morgan fingerprint density at radius 2 is 1.42 bits per heavy atom. The lowest BCUT2D eigenvalue weighted by molar-refractivity contribution is 0.262. The molecule has 0 aliphatic heterocycles. The zero-order valence-electron chi connectivity index (χ0n) is 5.67. The summed E-state index contributed by atoms with van der Waals surface area (Å²) in [6.45, 7) is -1.10. The second-order valence-electron chi connectivity index (χ2n) is 2.02. The highest BCUT2D eigenvalue weighted by Gasteiger charge is 2.18. The summed E-state index contributed by atoms with van der Waals surface area (Å²) in [6, 6.07) is 1.19. The molecule has 0 bridgehead atoms. The predicted octanol–water partition coefficient (Wildman–Crippen LogP) is 1.54. The van der Waals surface area contributed by atoms with Crippen LogP contribution in [-0.2, 0) is 6.61 Å². The maximum absolute atomic E-state index is 12.5. The Balaban J connectivity index is 3.42. The number of benzene rings is 1. The lowest BCUT2D eigenvalue weighted by atomic mass is 10.2. The largest absolute Gasteiger partial charge is 0.391 e. The molecule has 0 saturated carbocycles. The fraction of sp³-hybridized carbons (Fsp3) is 0.143. The Labute approximate surface area is 65.3 Å². The molecule has 1 rings (SSSR count). The van der Waals surface area contributed by atoms with Crippen molar-refractivity contribution >= 4 is 0 Å². The molecule has 0 aliphatic carbocycles. The Bertz CT molecular complexity index is 285. The highest BCUT2D eigenvalue weighted by Crippen LogP contribution is 2.18. The van der Waals surface area contributed by atoms with Crippen molar-refractivity contribution in [3.63, 3.8) is 0 Å². The Morgan fingerprint density at radius 3 is 1.75 bits per heavy atom. The van der Waals surface area contributed by atoms with Gasteiger partial charge in [-0.05, 0) is 0 Å². The van der Waals surface area contributed by atoms with E-state index in [9.17, 15) is 17.6 Å². The van der Waals surface area contributed by atoms with Gasteiger partial charge in [0.1, 0.15) is 0 Å². The van der Waals surface area contributed by atoms with Crippen molar-refractivity contribution in [3.05, 3.63) is 34.9 Å². The molecule has 1 radical (unpaired) electrons. The number of hydrogen-bond acceptors (Lipinski definition) is 1. The lowest BCUT2D eigenvalue weighted by Gasteiger charge is -2.01. The average molecular weight is 179 g/mol. The van der Waals surface area contributed by atoms with E-state index in [0.717, 1.165) is 0 Å². The first-order valence-corrected chi connectivity index (χ1v) is 2.93. The Morgan fingerprint density at radius 1 is 1.00 bits per heavy atom. The van der Waals surface area contributed by atoms with Crippen LogP contribution in [0.15, 0.2) is 0 Å². The summed E-state index contributed by atoms with van der Waals surface area (Å²) in [6.07, 6.45) is 0. The third-order valence-electron chi connectivity index (χ3n) is 1.29. The maximum Gasteiger partial charge on any atom is 0.170 e. The van der Waals surface area contributed by atoms with E-state index in [2.05, 4.69) is 0 Å². The molecule has 1 aromatic rings. The molecule has 0 aliphatic rings. The van der Waals surface area contributed by atoms with E-state index in [1.807, 2.05) is 0 Å². The van der Waals surface area contributed by atoms with Crippen molar-refractivity contribution in [1.29, 1.82) is 0 Å². The van der Waals surface area contributed by atoms with Crippen LogP contribution in [0.5, 0.6) is 0 Å². The highest BCUT2D eigenvalue weighted by atomic mass is 19.2. The molecule has 0 atom stereocenters. The highest BCUT2D eigenvalue weighted by molar-refractivity contribution is 5.20. The second kappa shape index (κ2) is 3.10. The van der Waals surface area contributed by atoms with Crippen molar-refractivity contribution in [3.8, 4) is 0 Å². The third-order valence-corrected chi connectivity index (χ3v) is 1.29. The number of hydrogen-bond donors (Lipinski definition) is 1. The van der Waals surface area contributed by atoms with Crippen LogP contribution in [0.1, 0.15) is 5.56 Å². The second-order valence-corrected chi connectivity index (χ2v) is 2.02. The van der Waals surface area contributed by atoms with Gasteiger partial charge in [0, 0.05) is 0 Å². The van der Waals surface area contributed by atoms with Crippen LogP contribution in [0.25, 0.3) is 0 Å². The minimum absolute atomic E-state index is 1.02. The summed E-state index contributed by atoms with van der Waals surface area (Å²) in [7, 11) is 0. The van der Waals surface area contributed by atoms with E-state index in [4.69, 9.17) is 5.11 Å². The predicted molar refractivity (Wildman–Crippen MR) is 31.0 cm³/mol. The van der Waals surface area contributed by atoms with Crippen LogP contribution in [0.4, 0.5) is 17.6 Å². The minimum atomic E-state index is -1.64. The summed E-state index contributed by atoms with van der Waals surface area (Å²) in [5.74, 6) is -6.51. The van der Waals surface area contributed by atoms with Gasteiger partial charge in [-0.15, -0.1) is 0 Å². The number of rotatable bonds is 1. The van der Waals surface area contributed by atoms with Gasteiger partial charge in [-0.2, -0.15) is 0 Å². The van der Waals surface area contributed by atoms with Crippen molar-refractivity contribution in [2.75, 3.05) is 0 Å². The monoisotopic (exact) mass is 179 g/mol. The molecular formula is C7H3F4O. The van der Waals surface area contributed by atoms with E-state index in [1.54, 1.807) is 0 Å². The molecule has 1 N–H and O–H groups in total. The fourth-order valence-electron chi connectivity index (χ4n) is 0.706. The average Bonchev–Trinajstić information content (AvgIpc) is 2.02. The summed E-state index contributed by atoms with van der Waals surface area (Å²) in [4.78, 5) is 0. The van der Waals surface area contributed by atoms with Gasteiger partial charge in [-0.3, -0.25) is 0 Å². The summed E-state index contributed by atoms with van der Waals surface area (Å²) < 4.78 is 49.5. The quantitative estimate of drug-likeness (QED) is 0.512. The molecule has 0 spiro atoms. The van der Waals surface area contributed by atoms with Crippen molar-refractivity contribution in [1.82, 2.24) is 0 Å². The van der Waals surface area contributed by atoms with Crippen molar-refractivity contribution in [2.24, 2.45) is 0 Å². The molecule has 65 valence electrons. The van der Waals surface area contributed by atoms with E-state index >= 15 is 0 Å². The first kappa shape index (κ1) is 8.99. The van der Waals surface area contributed by atoms with Crippen LogP contribution in [0.3, 0.4) is 0 Å². The SMILES string of the molecule is OCc1c(F)c(F)[c]c(F)c1F. The summed E-state index contributed by atoms with van der Waals surface area (Å²) >= 11 is 0. The molecular weight excluding hydrogens is 176 g/mol. The van der Waals surface area contributed by atoms with E-state index in [1.165, 1.54) is 6.07 Å². The first-order chi connectivity index (χ1) is 5.57. The van der Waals surface area contributed by atoms with E-state index in [-0.39, 0.29) is 0 Å². The van der Waals surface area contributed by atoms with Crippen molar-refractivity contribution in [2.45, 2.75) is 6.61 Å². The summed E-state index contributed by atoms with van der Waals surface area (Å²) in [5, 5.41) is 8.32.